The number of alkyl halides is 28. The summed E-state index contributed by atoms with van der Waals surface area (Å²) in [5.41, 5.74) is 0. The van der Waals surface area contributed by atoms with Gasteiger partial charge in [-0.1, -0.05) is 45.2 Å². The molecule has 45 heavy (non-hydrogen) atoms. The second-order valence-electron chi connectivity index (χ2n) is 8.84. The molecule has 0 aliphatic carbocycles. The van der Waals surface area contributed by atoms with Crippen LogP contribution >= 0.6 is 45.2 Å². The summed E-state index contributed by atoms with van der Waals surface area (Å²) < 4.78 is 336. The van der Waals surface area contributed by atoms with Crippen LogP contribution in [0.3, 0.4) is 0 Å². The van der Waals surface area contributed by atoms with Gasteiger partial charge in [0.1, 0.15) is 0 Å². The monoisotopic (exact) mass is 960 g/mol. The molecule has 0 saturated carbocycles. The van der Waals surface area contributed by atoms with E-state index < -0.39 is 98.7 Å². The third-order valence-corrected chi connectivity index (χ3v) is 7.36. The predicted molar refractivity (Wildman–Crippen MR) is 111 cm³/mol. The van der Waals surface area contributed by atoms with Gasteiger partial charge in [-0.25, -0.2) is 0 Å². The zero-order chi connectivity index (χ0) is 37.3. The van der Waals surface area contributed by atoms with Crippen molar-refractivity contribution in [3.8, 4) is 0 Å². The molecule has 0 aromatic rings. The Morgan fingerprint density at radius 2 is 0.467 bits per heavy atom. The summed E-state index contributed by atoms with van der Waals surface area (Å²) in [7, 11) is 0. The first-order valence-corrected chi connectivity index (χ1v) is 12.7. The zero-order valence-electron chi connectivity index (χ0n) is 19.9. The minimum absolute atomic E-state index is 0.317. The molecule has 0 heterocycles. The van der Waals surface area contributed by atoms with E-state index in [1.807, 2.05) is 0 Å². The summed E-state index contributed by atoms with van der Waals surface area (Å²) in [5.74, 6) is -78.7. The lowest BCUT2D eigenvalue weighted by molar-refractivity contribution is -0.440. The Morgan fingerprint density at radius 1 is 0.289 bits per heavy atom. The molecule has 0 aromatic heterocycles. The van der Waals surface area contributed by atoms with Crippen LogP contribution in [-0.2, 0) is 0 Å². The maximum atomic E-state index is 13.9. The molecule has 0 aliphatic heterocycles. The average molecular weight is 960 g/mol. The third kappa shape index (κ3) is 7.04. The van der Waals surface area contributed by atoms with E-state index >= 15 is 0 Å². The summed E-state index contributed by atoms with van der Waals surface area (Å²) in [6.45, 7) is 0. The van der Waals surface area contributed by atoms with Crippen LogP contribution in [0.15, 0.2) is 0 Å². The summed E-state index contributed by atoms with van der Waals surface area (Å²) >= 11 is 0.635. The third-order valence-electron chi connectivity index (χ3n) is 5.46. The van der Waals surface area contributed by atoms with E-state index in [-0.39, 0.29) is 0 Å². The Hall–Kier alpha value is -0.360. The van der Waals surface area contributed by atoms with Crippen molar-refractivity contribution in [1.29, 1.82) is 0 Å². The highest BCUT2D eigenvalue weighted by Gasteiger charge is 2.92. The van der Waals surface area contributed by atoms with Gasteiger partial charge in [-0.15, -0.1) is 0 Å². The summed E-state index contributed by atoms with van der Waals surface area (Å²) in [6.07, 6.45) is -23.6. The van der Waals surface area contributed by atoms with Crippen molar-refractivity contribution in [2.45, 2.75) is 98.7 Å². The predicted octanol–water partition coefficient (Wildman–Crippen LogP) is 11.2. The van der Waals surface area contributed by atoms with Crippen LogP contribution in [0.4, 0.5) is 114 Å². The van der Waals surface area contributed by atoms with Gasteiger partial charge in [0, 0.05) is 20.7 Å². The topological polar surface area (TPSA) is 0 Å². The molecule has 0 nitrogen and oxygen atoms in total. The highest BCUT2D eigenvalue weighted by molar-refractivity contribution is 14.1. The van der Waals surface area contributed by atoms with Gasteiger partial charge in [-0.05, 0) is 6.42 Å². The van der Waals surface area contributed by atoms with Gasteiger partial charge in [0.25, 0.3) is 0 Å². The number of halogens is 28. The lowest BCUT2D eigenvalue weighted by atomic mass is 9.90. The molecule has 0 aliphatic rings. The highest BCUT2D eigenvalue weighted by Crippen LogP contribution is 2.63. The standard InChI is InChI=1S/C17H8F26I2/c18-6(19,8(22,23)10(26,27)12(30,31)14(34,35)16(38,39)40)2-4(44)1-5(45)3-7(20,21)9(24,25)11(28,29)13(32,33)15(36,37)17(41,42)43/h4-5H,1-3H2. The highest BCUT2D eigenvalue weighted by atomic mass is 127. The average Bonchev–Trinajstić information content (AvgIpc) is 2.75. The molecule has 2 atom stereocenters. The second kappa shape index (κ2) is 12.2. The molecule has 0 amide bonds. The number of hydrogen-bond acceptors (Lipinski definition) is 0. The summed E-state index contributed by atoms with van der Waals surface area (Å²) in [5, 5.41) is 0. The van der Waals surface area contributed by atoms with Gasteiger partial charge in [0.15, 0.2) is 0 Å². The zero-order valence-corrected chi connectivity index (χ0v) is 24.2. The molecule has 0 saturated heterocycles. The lowest BCUT2D eigenvalue weighted by Crippen LogP contribution is -2.70. The molecule has 2 unspecified atom stereocenters. The molecule has 272 valence electrons. The molecule has 0 aromatic carbocycles. The smallest absolute Gasteiger partial charge is 0.200 e. The van der Waals surface area contributed by atoms with Crippen LogP contribution in [0.2, 0.25) is 0 Å². The van der Waals surface area contributed by atoms with E-state index in [2.05, 4.69) is 0 Å². The molecule has 0 radical (unpaired) electrons. The van der Waals surface area contributed by atoms with Crippen molar-refractivity contribution in [3.63, 3.8) is 0 Å². The van der Waals surface area contributed by atoms with Gasteiger partial charge in [0.2, 0.25) is 0 Å². The fourth-order valence-electron chi connectivity index (χ4n) is 2.86. The van der Waals surface area contributed by atoms with Crippen molar-refractivity contribution in [2.75, 3.05) is 0 Å². The molecule has 0 fully saturated rings. The number of hydrogen-bond donors (Lipinski definition) is 0. The van der Waals surface area contributed by atoms with Crippen molar-refractivity contribution < 1.29 is 114 Å². The van der Waals surface area contributed by atoms with Crippen LogP contribution in [0, 0.1) is 0 Å². The van der Waals surface area contributed by atoms with E-state index in [9.17, 15) is 114 Å². The molecule has 28 heteroatoms. The minimum Gasteiger partial charge on any atom is -0.200 e. The van der Waals surface area contributed by atoms with Gasteiger partial charge >= 0.3 is 71.6 Å². The SMILES string of the molecule is FC(F)(F)C(F)(F)C(F)(F)C(F)(F)C(F)(F)C(F)(F)CC(I)CC(I)CC(F)(F)C(F)(F)C(F)(F)C(F)(F)C(F)(F)C(F)(F)F. The quantitative estimate of drug-likeness (QED) is 0.0925. The Bertz CT molecular complexity index is 941. The van der Waals surface area contributed by atoms with E-state index in [1.165, 1.54) is 0 Å². The Morgan fingerprint density at radius 3 is 0.644 bits per heavy atom. The number of rotatable bonds is 14. The van der Waals surface area contributed by atoms with Gasteiger partial charge in [-0.3, -0.25) is 0 Å². The van der Waals surface area contributed by atoms with E-state index in [1.54, 1.807) is 0 Å². The van der Waals surface area contributed by atoms with Crippen LogP contribution in [0.25, 0.3) is 0 Å². The van der Waals surface area contributed by atoms with Crippen LogP contribution < -0.4 is 0 Å². The molecule has 0 bridgehead atoms. The Labute approximate surface area is 257 Å². The van der Waals surface area contributed by atoms with Crippen LogP contribution in [-0.4, -0.2) is 79.4 Å². The van der Waals surface area contributed by atoms with Crippen molar-refractivity contribution in [3.05, 3.63) is 0 Å². The molecule has 0 N–H and O–H groups in total. The van der Waals surface area contributed by atoms with Gasteiger partial charge in [-0.2, -0.15) is 114 Å². The van der Waals surface area contributed by atoms with Crippen molar-refractivity contribution in [1.82, 2.24) is 0 Å². The minimum atomic E-state index is -8.32. The fraction of sp³-hybridized carbons (Fsp3) is 1.00. The van der Waals surface area contributed by atoms with E-state index in [4.69, 9.17) is 0 Å². The maximum Gasteiger partial charge on any atom is 0.460 e. The van der Waals surface area contributed by atoms with Gasteiger partial charge in [0.05, 0.1) is 0 Å². The fourth-order valence-corrected chi connectivity index (χ4v) is 6.17. The second-order valence-corrected chi connectivity index (χ2v) is 12.4. The molecule has 0 rings (SSSR count). The normalized spacial score (nSPS) is 17.9. The molecular formula is C17H8F26I2. The summed E-state index contributed by atoms with van der Waals surface area (Å²) in [4.78, 5) is 0. The lowest BCUT2D eigenvalue weighted by Gasteiger charge is -2.40. The van der Waals surface area contributed by atoms with E-state index in [0.29, 0.717) is 45.2 Å². The van der Waals surface area contributed by atoms with Crippen molar-refractivity contribution >= 4 is 45.2 Å². The first-order valence-electron chi connectivity index (χ1n) is 10.2. The first-order chi connectivity index (χ1) is 19.0. The molecular weight excluding hydrogens is 952 g/mol. The maximum absolute atomic E-state index is 13.9. The van der Waals surface area contributed by atoms with Crippen LogP contribution in [0.1, 0.15) is 19.3 Å². The van der Waals surface area contributed by atoms with Crippen LogP contribution in [0.5, 0.6) is 0 Å². The first kappa shape index (κ1) is 44.6. The van der Waals surface area contributed by atoms with Crippen molar-refractivity contribution in [2.24, 2.45) is 0 Å². The van der Waals surface area contributed by atoms with E-state index in [0.717, 1.165) is 0 Å². The largest absolute Gasteiger partial charge is 0.460 e. The van der Waals surface area contributed by atoms with Gasteiger partial charge < -0.3 is 0 Å². The Kier molecular flexibility index (Phi) is 12.1. The molecule has 0 spiro atoms. The Balaban J connectivity index is 6.19. The summed E-state index contributed by atoms with van der Waals surface area (Å²) in [6, 6.07) is 0.